The van der Waals surface area contributed by atoms with Gasteiger partial charge in [-0.1, -0.05) is 26.0 Å². The SMILES string of the molecule is Cc1cc(Cc2cc(CN)ncn2)n[n-]1.Cc1cc(Cc2cc(CN3[CH-]N(c4[c-]cccc4)c4ncccc43)ncn2)n[n-]1.[Pt].[Pt].[c-]1ccccc1N1[CH-]Nc2cccnc21. The summed E-state index contributed by atoms with van der Waals surface area (Å²) in [6, 6.07) is 37.9. The van der Waals surface area contributed by atoms with Crippen LogP contribution in [0.1, 0.15) is 45.6 Å². The second kappa shape index (κ2) is 21.4. The standard InChI is InChI=1S/C22H18N7.C12H9N3.C10H12N5.2Pt/c1-16-10-18(27-26-16)11-17-12-19(25-14-24-17)13-28-15-29(20-6-3-2-4-7-20)22-21(28)8-5-9-23-22;1-2-5-10(6-3-1)15-9-14-11-7-4-8-13-12(11)15;1-7-2-9(15-14-7)3-8-4-10(5-11)13-6-12-8;;/h2-6,8-10,12,14-15H,11,13H2,1H3;1-5,7-9,14H;2,4,6H,3,5,11H2,1H3;;/q-3;-2;-1;;. The zero-order valence-electron chi connectivity index (χ0n) is 33.1. The number of benzene rings is 2. The molecule has 0 fully saturated rings. The van der Waals surface area contributed by atoms with Crippen LogP contribution in [0.5, 0.6) is 0 Å². The van der Waals surface area contributed by atoms with E-state index in [1.54, 1.807) is 18.7 Å². The molecule has 0 amide bonds. The van der Waals surface area contributed by atoms with Crippen LogP contribution in [0.2, 0.25) is 0 Å². The van der Waals surface area contributed by atoms with E-state index in [0.717, 1.165) is 79.9 Å². The summed E-state index contributed by atoms with van der Waals surface area (Å²) in [4.78, 5) is 32.1. The van der Waals surface area contributed by atoms with E-state index in [1.165, 1.54) is 6.33 Å². The van der Waals surface area contributed by atoms with E-state index in [-0.39, 0.29) is 42.1 Å². The third-order valence-corrected chi connectivity index (χ3v) is 9.08. The molecule has 316 valence electrons. The number of aromatic nitrogens is 10. The maximum Gasteiger partial charge on any atom is 0.124 e. The maximum atomic E-state index is 5.50. The van der Waals surface area contributed by atoms with Crippen molar-refractivity contribution in [3.63, 3.8) is 0 Å². The first-order chi connectivity index (χ1) is 29.0. The smallest absolute Gasteiger partial charge is 0.124 e. The van der Waals surface area contributed by atoms with Gasteiger partial charge in [0, 0.05) is 115 Å². The van der Waals surface area contributed by atoms with Gasteiger partial charge in [-0.3, -0.25) is 0 Å². The van der Waals surface area contributed by atoms with Crippen LogP contribution in [0.15, 0.2) is 122 Å². The first-order valence-electron chi connectivity index (χ1n) is 18.8. The number of nitrogens with zero attached hydrogens (tertiary/aromatic N) is 13. The van der Waals surface area contributed by atoms with Crippen LogP contribution in [0.4, 0.5) is 34.4 Å². The van der Waals surface area contributed by atoms with Crippen molar-refractivity contribution in [3.8, 4) is 0 Å². The Bertz CT molecular complexity index is 2590. The number of hydrogen-bond donors (Lipinski definition) is 2. The van der Waals surface area contributed by atoms with Crippen LogP contribution in [-0.2, 0) is 68.1 Å². The number of anilines is 6. The summed E-state index contributed by atoms with van der Waals surface area (Å²) in [5.74, 6) is 1.80. The Kier molecular flexibility index (Phi) is 15.6. The quantitative estimate of drug-likeness (QED) is 0.162. The minimum Gasteiger partial charge on any atom is -0.579 e. The van der Waals surface area contributed by atoms with Gasteiger partial charge in [0.1, 0.15) is 24.3 Å². The zero-order chi connectivity index (χ0) is 40.4. The molecule has 2 aromatic carbocycles. The van der Waals surface area contributed by atoms with Crippen LogP contribution in [-0.4, -0.2) is 40.1 Å². The molecule has 15 nitrogen and oxygen atoms in total. The normalized spacial score (nSPS) is 12.1. The first-order valence-corrected chi connectivity index (χ1v) is 18.8. The van der Waals surface area contributed by atoms with Gasteiger partial charge >= 0.3 is 0 Å². The molecule has 8 heterocycles. The van der Waals surface area contributed by atoms with Crippen LogP contribution >= 0.6 is 0 Å². The Labute approximate surface area is 383 Å². The maximum absolute atomic E-state index is 5.50. The second-order valence-corrected chi connectivity index (χ2v) is 13.5. The van der Waals surface area contributed by atoms with Crippen molar-refractivity contribution in [3.05, 3.63) is 193 Å². The molecule has 0 bridgehead atoms. The second-order valence-electron chi connectivity index (χ2n) is 13.5. The third kappa shape index (κ3) is 11.4. The van der Waals surface area contributed by atoms with E-state index in [0.29, 0.717) is 25.9 Å². The molecule has 0 radical (unpaired) electrons. The zero-order valence-corrected chi connectivity index (χ0v) is 37.6. The van der Waals surface area contributed by atoms with Gasteiger partial charge in [-0.25, -0.2) is 29.9 Å². The summed E-state index contributed by atoms with van der Waals surface area (Å²) >= 11 is 0. The summed E-state index contributed by atoms with van der Waals surface area (Å²) in [6.07, 6.45) is 8.05. The number of fused-ring (bicyclic) bond motifs is 2. The van der Waals surface area contributed by atoms with Crippen molar-refractivity contribution in [1.82, 2.24) is 50.3 Å². The van der Waals surface area contributed by atoms with Crippen LogP contribution < -0.4 is 35.9 Å². The molecular formula is C44H39N15Pt2-6. The molecule has 8 aromatic rings. The van der Waals surface area contributed by atoms with E-state index in [4.69, 9.17) is 5.73 Å². The van der Waals surface area contributed by atoms with Gasteiger partial charge in [-0.05, 0) is 36.4 Å². The van der Waals surface area contributed by atoms with Crippen molar-refractivity contribution in [2.45, 2.75) is 39.8 Å². The molecule has 17 heteroatoms. The van der Waals surface area contributed by atoms with E-state index < -0.39 is 0 Å². The average Bonchev–Trinajstić information content (AvgIpc) is 4.09. The Morgan fingerprint density at radius 3 is 1.79 bits per heavy atom. The summed E-state index contributed by atoms with van der Waals surface area (Å²) in [6.45, 7) is 8.83. The minimum atomic E-state index is 0. The van der Waals surface area contributed by atoms with Gasteiger partial charge in [0.2, 0.25) is 0 Å². The molecular weight excluding hydrogens is 1130 g/mol. The number of pyridine rings is 2. The van der Waals surface area contributed by atoms with Gasteiger partial charge in [0.05, 0.1) is 11.4 Å². The molecule has 2 aliphatic heterocycles. The van der Waals surface area contributed by atoms with E-state index in [9.17, 15) is 0 Å². The number of para-hydroxylation sites is 2. The summed E-state index contributed by atoms with van der Waals surface area (Å²) in [7, 11) is 0. The molecule has 6 aromatic heterocycles. The molecule has 0 saturated heterocycles. The van der Waals surface area contributed by atoms with Crippen molar-refractivity contribution >= 4 is 34.4 Å². The van der Waals surface area contributed by atoms with Crippen LogP contribution in [0.3, 0.4) is 0 Å². The Balaban J connectivity index is 0.000000165. The largest absolute Gasteiger partial charge is 0.579 e. The van der Waals surface area contributed by atoms with Crippen LogP contribution in [0, 0.1) is 39.3 Å². The number of hydrogen-bond acceptors (Lipinski definition) is 13. The van der Waals surface area contributed by atoms with Crippen molar-refractivity contribution in [1.29, 1.82) is 0 Å². The monoisotopic (exact) mass is 1170 g/mol. The predicted molar refractivity (Wildman–Crippen MR) is 224 cm³/mol. The van der Waals surface area contributed by atoms with Gasteiger partial charge in [0.25, 0.3) is 0 Å². The number of nitrogens with one attached hydrogen (secondary N) is 1. The van der Waals surface area contributed by atoms with Crippen molar-refractivity contribution in [2.24, 2.45) is 5.73 Å². The third-order valence-electron chi connectivity index (χ3n) is 9.08. The van der Waals surface area contributed by atoms with Gasteiger partial charge in [-0.2, -0.15) is 67.3 Å². The Morgan fingerprint density at radius 1 is 0.623 bits per heavy atom. The van der Waals surface area contributed by atoms with Gasteiger partial charge < -0.3 is 46.1 Å². The molecule has 10 rings (SSSR count). The predicted octanol–water partition coefficient (Wildman–Crippen LogP) is 5.95. The molecule has 61 heavy (non-hydrogen) atoms. The number of rotatable bonds is 9. The topological polar surface area (TPSA) is 179 Å². The fourth-order valence-corrected chi connectivity index (χ4v) is 6.39. The Morgan fingerprint density at radius 2 is 1.20 bits per heavy atom. The van der Waals surface area contributed by atoms with E-state index in [1.807, 2.05) is 128 Å². The van der Waals surface area contributed by atoms with Crippen molar-refractivity contribution < 1.29 is 42.1 Å². The van der Waals surface area contributed by atoms with E-state index in [2.05, 4.69) is 78.7 Å². The first kappa shape index (κ1) is 44.4. The number of nitrogens with two attached hydrogens (primary N) is 1. The fourth-order valence-electron chi connectivity index (χ4n) is 6.39. The summed E-state index contributed by atoms with van der Waals surface area (Å²) in [5.41, 5.74) is 16.8. The Hall–Kier alpha value is -6.14. The van der Waals surface area contributed by atoms with E-state index >= 15 is 0 Å². The molecule has 2 aliphatic rings. The van der Waals surface area contributed by atoms with Crippen LogP contribution in [0.25, 0.3) is 0 Å². The minimum absolute atomic E-state index is 0. The van der Waals surface area contributed by atoms with Gasteiger partial charge in [-0.15, -0.1) is 29.4 Å². The summed E-state index contributed by atoms with van der Waals surface area (Å²) in [5, 5.41) is 19.4. The molecule has 0 unspecified atom stereocenters. The molecule has 0 saturated carbocycles. The summed E-state index contributed by atoms with van der Waals surface area (Å²) < 4.78 is 0. The number of aryl methyl sites for hydroxylation is 2. The fraction of sp³-hybridized carbons (Fsp3) is 0.136. The van der Waals surface area contributed by atoms with Gasteiger partial charge in [0.15, 0.2) is 0 Å². The molecule has 3 N–H and O–H groups in total. The van der Waals surface area contributed by atoms with Crippen molar-refractivity contribution in [2.75, 3.05) is 20.0 Å². The molecule has 0 atom stereocenters. The average molecular weight is 1170 g/mol. The molecule has 0 aliphatic carbocycles. The molecule has 0 spiro atoms.